The first kappa shape index (κ1) is 19.3. The highest BCUT2D eigenvalue weighted by atomic mass is 28.1. The maximum atomic E-state index is 11.0. The third-order valence-electron chi connectivity index (χ3n) is 2.51. The van der Waals surface area contributed by atoms with Crippen LogP contribution in [0.25, 0.3) is 0 Å². The molecule has 6 heteroatoms. The second-order valence-electron chi connectivity index (χ2n) is 4.31. The molecular weight excluding hydrogens is 276 g/mol. The minimum absolute atomic E-state index is 0.282. The largest absolute Gasteiger partial charge is 0.463 e. The van der Waals surface area contributed by atoms with Crippen LogP contribution in [0.2, 0.25) is 0 Å². The van der Waals surface area contributed by atoms with Crippen molar-refractivity contribution in [1.29, 1.82) is 0 Å². The van der Waals surface area contributed by atoms with Crippen molar-refractivity contribution in [2.24, 2.45) is 0 Å². The zero-order valence-corrected chi connectivity index (χ0v) is 15.1. The van der Waals surface area contributed by atoms with Crippen LogP contribution in [-0.4, -0.2) is 48.2 Å². The molecule has 0 N–H and O–H groups in total. The van der Waals surface area contributed by atoms with Gasteiger partial charge in [0.1, 0.15) is 10.2 Å². The lowest BCUT2D eigenvalue weighted by Gasteiger charge is -2.29. The van der Waals surface area contributed by atoms with Gasteiger partial charge in [-0.05, 0) is 40.0 Å². The molecule has 5 nitrogen and oxygen atoms in total. The predicted molar refractivity (Wildman–Crippen MR) is 81.5 cm³/mol. The van der Waals surface area contributed by atoms with Crippen LogP contribution >= 0.6 is 0 Å². The summed E-state index contributed by atoms with van der Waals surface area (Å²) in [6.45, 7) is 7.82. The zero-order valence-electron chi connectivity index (χ0n) is 13.1. The molecule has 0 amide bonds. The average molecular weight is 304 g/mol. The fourth-order valence-corrected chi connectivity index (χ4v) is 2.43. The van der Waals surface area contributed by atoms with Crippen LogP contribution in [0.5, 0.6) is 0 Å². The molecule has 0 heterocycles. The summed E-state index contributed by atoms with van der Waals surface area (Å²) >= 11 is 0. The molecule has 118 valence electrons. The molecule has 0 fully saturated rings. The third kappa shape index (κ3) is 10.1. The van der Waals surface area contributed by atoms with Crippen molar-refractivity contribution in [3.05, 3.63) is 12.2 Å². The van der Waals surface area contributed by atoms with Crippen molar-refractivity contribution in [2.45, 2.75) is 45.6 Å². The summed E-state index contributed by atoms with van der Waals surface area (Å²) in [5.74, 6) is -0.282. The second kappa shape index (κ2) is 12.1. The topological polar surface area (TPSA) is 54.0 Å². The SMILES string of the molecule is CC=CC(=O)OCCCCCOC([SiH3])(OCC)OCC. The molecule has 0 bridgehead atoms. The van der Waals surface area contributed by atoms with Crippen LogP contribution in [0.3, 0.4) is 0 Å². The van der Waals surface area contributed by atoms with Gasteiger partial charge in [-0.1, -0.05) is 6.08 Å². The average Bonchev–Trinajstić information content (AvgIpc) is 2.38. The van der Waals surface area contributed by atoms with E-state index in [1.807, 2.05) is 13.8 Å². The van der Waals surface area contributed by atoms with Crippen LogP contribution in [0, 0.1) is 0 Å². The predicted octanol–water partition coefficient (Wildman–Crippen LogP) is 1.34. The van der Waals surface area contributed by atoms with Gasteiger partial charge in [0.25, 0.3) is 0 Å². The number of unbranched alkanes of at least 4 members (excludes halogenated alkanes) is 2. The molecule has 0 aliphatic rings. The smallest absolute Gasteiger partial charge is 0.330 e. The molecule has 0 rings (SSSR count). The van der Waals surface area contributed by atoms with Crippen molar-refractivity contribution in [2.75, 3.05) is 26.4 Å². The lowest BCUT2D eigenvalue weighted by atomic mass is 10.2. The number of ether oxygens (including phenoxy) is 4. The Labute approximate surface area is 125 Å². The van der Waals surface area contributed by atoms with Crippen LogP contribution < -0.4 is 0 Å². The Morgan fingerprint density at radius 2 is 1.65 bits per heavy atom. The molecule has 0 aliphatic carbocycles. The van der Waals surface area contributed by atoms with Gasteiger partial charge in [0.2, 0.25) is 5.60 Å². The standard InChI is InChI=1S/C14H28O5Si/c1-4-10-13(15)16-11-8-7-9-12-19-14(20,17-5-2)18-6-3/h4,10H,5-9,11-12H2,1-3,20H3. The monoisotopic (exact) mass is 304 g/mol. The molecule has 20 heavy (non-hydrogen) atoms. The van der Waals surface area contributed by atoms with E-state index >= 15 is 0 Å². The quantitative estimate of drug-likeness (QED) is 0.179. The van der Waals surface area contributed by atoms with Gasteiger partial charge in [-0.15, -0.1) is 0 Å². The van der Waals surface area contributed by atoms with Gasteiger partial charge in [0.15, 0.2) is 0 Å². The van der Waals surface area contributed by atoms with Crippen molar-refractivity contribution in [1.82, 2.24) is 0 Å². The fourth-order valence-electron chi connectivity index (χ4n) is 1.64. The zero-order chi connectivity index (χ0) is 15.3. The van der Waals surface area contributed by atoms with Crippen molar-refractivity contribution >= 4 is 16.2 Å². The Morgan fingerprint density at radius 3 is 2.20 bits per heavy atom. The van der Waals surface area contributed by atoms with Gasteiger partial charge in [0.05, 0.1) is 13.2 Å². The van der Waals surface area contributed by atoms with E-state index in [9.17, 15) is 4.79 Å². The van der Waals surface area contributed by atoms with E-state index in [2.05, 4.69) is 0 Å². The Balaban J connectivity index is 3.61. The molecule has 0 saturated heterocycles. The Hall–Kier alpha value is -0.693. The van der Waals surface area contributed by atoms with E-state index in [1.165, 1.54) is 6.08 Å². The first-order valence-corrected chi connectivity index (χ1v) is 8.29. The van der Waals surface area contributed by atoms with Crippen molar-refractivity contribution in [3.8, 4) is 0 Å². The summed E-state index contributed by atoms with van der Waals surface area (Å²) in [4.78, 5) is 11.0. The number of esters is 1. The van der Waals surface area contributed by atoms with Gasteiger partial charge in [-0.25, -0.2) is 4.79 Å². The summed E-state index contributed by atoms with van der Waals surface area (Å²) in [6, 6.07) is 0. The summed E-state index contributed by atoms with van der Waals surface area (Å²) in [5, 5.41) is 0. The third-order valence-corrected chi connectivity index (χ3v) is 3.38. The van der Waals surface area contributed by atoms with Crippen molar-refractivity contribution < 1.29 is 23.7 Å². The summed E-state index contributed by atoms with van der Waals surface area (Å²) < 4.78 is 21.7. The highest BCUT2D eigenvalue weighted by Crippen LogP contribution is 2.12. The molecule has 0 spiro atoms. The van der Waals surface area contributed by atoms with Gasteiger partial charge in [-0.2, -0.15) is 0 Å². The molecule has 0 aromatic rings. The van der Waals surface area contributed by atoms with Crippen molar-refractivity contribution in [3.63, 3.8) is 0 Å². The number of hydrogen-bond acceptors (Lipinski definition) is 5. The van der Waals surface area contributed by atoms with E-state index in [1.54, 1.807) is 13.0 Å². The maximum Gasteiger partial charge on any atom is 0.330 e. The molecule has 0 saturated carbocycles. The minimum Gasteiger partial charge on any atom is -0.463 e. The summed E-state index contributed by atoms with van der Waals surface area (Å²) in [6.07, 6.45) is 5.76. The van der Waals surface area contributed by atoms with E-state index < -0.39 is 5.60 Å². The van der Waals surface area contributed by atoms with Gasteiger partial charge >= 0.3 is 5.97 Å². The van der Waals surface area contributed by atoms with Crippen LogP contribution in [-0.2, 0) is 23.7 Å². The van der Waals surface area contributed by atoms with Gasteiger partial charge in [0, 0.05) is 19.3 Å². The molecule has 0 aromatic heterocycles. The molecule has 0 unspecified atom stereocenters. The minimum atomic E-state index is -0.818. The van der Waals surface area contributed by atoms with E-state index in [0.717, 1.165) is 19.3 Å². The molecule has 0 aromatic carbocycles. The van der Waals surface area contributed by atoms with Crippen LogP contribution in [0.1, 0.15) is 40.0 Å². The summed E-state index contributed by atoms with van der Waals surface area (Å²) in [5.41, 5.74) is -0.818. The van der Waals surface area contributed by atoms with E-state index in [0.29, 0.717) is 36.7 Å². The lowest BCUT2D eigenvalue weighted by Crippen LogP contribution is -2.40. The number of carbonyl (C=O) groups excluding carboxylic acids is 1. The van der Waals surface area contributed by atoms with E-state index in [-0.39, 0.29) is 5.97 Å². The first-order valence-electron chi connectivity index (χ1n) is 7.29. The summed E-state index contributed by atoms with van der Waals surface area (Å²) in [7, 11) is 0.662. The Kier molecular flexibility index (Phi) is 11.7. The number of rotatable bonds is 12. The maximum absolute atomic E-state index is 11.0. The Bertz CT molecular complexity index is 275. The van der Waals surface area contributed by atoms with Crippen LogP contribution in [0.4, 0.5) is 0 Å². The lowest BCUT2D eigenvalue weighted by molar-refractivity contribution is -0.322. The molecular formula is C14H28O5Si. The molecule has 0 aliphatic heterocycles. The van der Waals surface area contributed by atoms with Gasteiger partial charge < -0.3 is 18.9 Å². The normalized spacial score (nSPS) is 12.2. The number of allylic oxidation sites excluding steroid dienone is 1. The number of carbonyl (C=O) groups is 1. The van der Waals surface area contributed by atoms with E-state index in [4.69, 9.17) is 18.9 Å². The second-order valence-corrected chi connectivity index (χ2v) is 5.53. The first-order chi connectivity index (χ1) is 9.58. The highest BCUT2D eigenvalue weighted by molar-refractivity contribution is 6.12. The molecule has 0 radical (unpaired) electrons. The van der Waals surface area contributed by atoms with Crippen LogP contribution in [0.15, 0.2) is 12.2 Å². The molecule has 0 atom stereocenters. The highest BCUT2D eigenvalue weighted by Gasteiger charge is 2.24. The number of hydrogen-bond donors (Lipinski definition) is 0. The fraction of sp³-hybridized carbons (Fsp3) is 0.786. The van der Waals surface area contributed by atoms with Gasteiger partial charge in [-0.3, -0.25) is 0 Å². The Morgan fingerprint density at radius 1 is 1.05 bits per heavy atom.